The Morgan fingerprint density at radius 3 is 2.92 bits per heavy atom. The second-order valence-corrected chi connectivity index (χ2v) is 7.03. The van der Waals surface area contributed by atoms with E-state index in [0.29, 0.717) is 10.8 Å². The van der Waals surface area contributed by atoms with E-state index in [2.05, 4.69) is 29.2 Å². The maximum atomic E-state index is 12.3. The van der Waals surface area contributed by atoms with Crippen LogP contribution in [-0.4, -0.2) is 20.7 Å². The highest BCUT2D eigenvalue weighted by Crippen LogP contribution is 2.30. The summed E-state index contributed by atoms with van der Waals surface area (Å²) in [6.45, 7) is 4.16. The molecule has 130 valence electrons. The van der Waals surface area contributed by atoms with Gasteiger partial charge in [0.25, 0.3) is 0 Å². The van der Waals surface area contributed by atoms with Gasteiger partial charge in [0, 0.05) is 17.0 Å². The van der Waals surface area contributed by atoms with E-state index >= 15 is 0 Å². The molecule has 1 amide bonds. The number of benzene rings is 1. The molecule has 0 aliphatic rings. The van der Waals surface area contributed by atoms with Gasteiger partial charge in [0.05, 0.1) is 29.4 Å². The van der Waals surface area contributed by atoms with E-state index in [1.54, 1.807) is 12.3 Å². The van der Waals surface area contributed by atoms with Gasteiger partial charge in [-0.15, -0.1) is 11.3 Å². The Morgan fingerprint density at radius 1 is 1.36 bits per heavy atom. The third kappa shape index (κ3) is 4.08. The Morgan fingerprint density at radius 2 is 2.16 bits per heavy atom. The molecule has 3 aromatic rings. The van der Waals surface area contributed by atoms with Crippen molar-refractivity contribution >= 4 is 34.7 Å². The van der Waals surface area contributed by atoms with E-state index in [0.717, 1.165) is 22.7 Å². The molecular weight excluding hydrogens is 356 g/mol. The lowest BCUT2D eigenvalue weighted by Crippen LogP contribution is -2.19. The number of amides is 1. The van der Waals surface area contributed by atoms with Crippen molar-refractivity contribution in [2.75, 3.05) is 5.32 Å². The Hall–Kier alpha value is -2.18. The molecule has 1 atom stereocenters. The number of carbonyl (C=O) groups is 1. The fourth-order valence-corrected chi connectivity index (χ4v) is 3.58. The van der Waals surface area contributed by atoms with Crippen molar-refractivity contribution in [1.82, 2.24) is 14.8 Å². The topological polar surface area (TPSA) is 59.8 Å². The van der Waals surface area contributed by atoms with Crippen molar-refractivity contribution in [2.24, 2.45) is 0 Å². The Balaban J connectivity index is 1.69. The van der Waals surface area contributed by atoms with E-state index in [1.165, 1.54) is 11.3 Å². The zero-order valence-electron chi connectivity index (χ0n) is 14.1. The summed E-state index contributed by atoms with van der Waals surface area (Å²) in [6, 6.07) is 9.60. The van der Waals surface area contributed by atoms with Crippen LogP contribution in [0.25, 0.3) is 10.6 Å². The smallest absolute Gasteiger partial charge is 0.231 e. The molecule has 1 N–H and O–H groups in total. The number of halogens is 1. The molecule has 0 bridgehead atoms. The third-order valence-electron chi connectivity index (χ3n) is 3.94. The van der Waals surface area contributed by atoms with Crippen molar-refractivity contribution in [3.05, 3.63) is 52.6 Å². The average Bonchev–Trinajstić information content (AvgIpc) is 3.24. The molecule has 0 saturated heterocycles. The molecule has 5 nitrogen and oxygen atoms in total. The first kappa shape index (κ1) is 17.6. The Kier molecular flexibility index (Phi) is 5.50. The van der Waals surface area contributed by atoms with Crippen LogP contribution < -0.4 is 5.32 Å². The summed E-state index contributed by atoms with van der Waals surface area (Å²) in [5.41, 5.74) is 1.61. The summed E-state index contributed by atoms with van der Waals surface area (Å²) in [7, 11) is 0. The molecule has 1 unspecified atom stereocenters. The zero-order chi connectivity index (χ0) is 17.8. The van der Waals surface area contributed by atoms with Crippen LogP contribution in [0, 0.1) is 0 Å². The molecule has 0 aliphatic carbocycles. The lowest BCUT2D eigenvalue weighted by atomic mass is 10.2. The number of nitrogens with one attached hydrogen (secondary N) is 1. The second-order valence-electron chi connectivity index (χ2n) is 5.77. The van der Waals surface area contributed by atoms with Crippen molar-refractivity contribution in [1.29, 1.82) is 0 Å². The van der Waals surface area contributed by atoms with Gasteiger partial charge in [-0.3, -0.25) is 4.79 Å². The fourth-order valence-electron chi connectivity index (χ4n) is 2.44. The summed E-state index contributed by atoms with van der Waals surface area (Å²) < 4.78 is 1.83. The van der Waals surface area contributed by atoms with Gasteiger partial charge in [0.15, 0.2) is 0 Å². The summed E-state index contributed by atoms with van der Waals surface area (Å²) in [6.07, 6.45) is 2.85. The second kappa shape index (κ2) is 7.80. The van der Waals surface area contributed by atoms with Crippen LogP contribution in [0.5, 0.6) is 0 Å². The Labute approximate surface area is 155 Å². The van der Waals surface area contributed by atoms with E-state index in [1.807, 2.05) is 34.3 Å². The number of thiazole rings is 1. The minimum Gasteiger partial charge on any atom is -0.311 e. The first-order valence-corrected chi connectivity index (χ1v) is 9.37. The van der Waals surface area contributed by atoms with E-state index in [9.17, 15) is 4.79 Å². The number of hydrogen-bond donors (Lipinski definition) is 1. The summed E-state index contributed by atoms with van der Waals surface area (Å²) in [4.78, 5) is 16.9. The van der Waals surface area contributed by atoms with Gasteiger partial charge in [-0.05, 0) is 19.4 Å². The van der Waals surface area contributed by atoms with Gasteiger partial charge in [-0.2, -0.15) is 5.10 Å². The van der Waals surface area contributed by atoms with Crippen LogP contribution >= 0.6 is 22.9 Å². The molecule has 0 fully saturated rings. The average molecular weight is 375 g/mol. The van der Waals surface area contributed by atoms with Crippen molar-refractivity contribution in [3.63, 3.8) is 0 Å². The van der Waals surface area contributed by atoms with Crippen molar-refractivity contribution in [3.8, 4) is 10.6 Å². The predicted molar refractivity (Wildman–Crippen MR) is 102 cm³/mol. The van der Waals surface area contributed by atoms with Gasteiger partial charge >= 0.3 is 0 Å². The normalized spacial score (nSPS) is 12.1. The van der Waals surface area contributed by atoms with Crippen LogP contribution in [0.2, 0.25) is 5.02 Å². The van der Waals surface area contributed by atoms with Crippen LogP contribution in [0.3, 0.4) is 0 Å². The lowest BCUT2D eigenvalue weighted by Gasteiger charge is -2.13. The van der Waals surface area contributed by atoms with Crippen molar-refractivity contribution in [2.45, 2.75) is 32.7 Å². The predicted octanol–water partition coefficient (Wildman–Crippen LogP) is 4.81. The van der Waals surface area contributed by atoms with Gasteiger partial charge in [-0.25, -0.2) is 9.67 Å². The number of anilines is 1. The molecular formula is C18H19ClN4OS. The Bertz CT molecular complexity index is 873. The van der Waals surface area contributed by atoms with E-state index in [4.69, 9.17) is 11.6 Å². The molecule has 0 saturated carbocycles. The van der Waals surface area contributed by atoms with E-state index in [-0.39, 0.29) is 18.4 Å². The van der Waals surface area contributed by atoms with Gasteiger partial charge in [0.2, 0.25) is 5.91 Å². The highest BCUT2D eigenvalue weighted by Gasteiger charge is 2.14. The minimum atomic E-state index is -0.110. The highest BCUT2D eigenvalue weighted by molar-refractivity contribution is 7.13. The first-order valence-electron chi connectivity index (χ1n) is 8.11. The molecule has 2 aromatic heterocycles. The molecule has 2 heterocycles. The van der Waals surface area contributed by atoms with Gasteiger partial charge in [0.1, 0.15) is 10.8 Å². The molecule has 0 spiro atoms. The van der Waals surface area contributed by atoms with Crippen molar-refractivity contribution < 1.29 is 4.79 Å². The van der Waals surface area contributed by atoms with Crippen LogP contribution in [0.15, 0.2) is 41.9 Å². The molecule has 1 aromatic carbocycles. The van der Waals surface area contributed by atoms with Crippen LogP contribution in [0.1, 0.15) is 32.0 Å². The maximum Gasteiger partial charge on any atom is 0.231 e. The molecule has 3 rings (SSSR count). The zero-order valence-corrected chi connectivity index (χ0v) is 15.6. The standard InChI is InChI=1S/C18H19ClN4OS/c1-3-12(2)23-16(8-9-20-23)22-17(24)10-13-11-25-18(21-13)14-6-4-5-7-15(14)19/h4-9,11-12H,3,10H2,1-2H3,(H,22,24). The highest BCUT2D eigenvalue weighted by atomic mass is 35.5. The monoisotopic (exact) mass is 374 g/mol. The van der Waals surface area contributed by atoms with Gasteiger partial charge < -0.3 is 5.32 Å². The maximum absolute atomic E-state index is 12.3. The molecule has 0 aliphatic heterocycles. The summed E-state index contributed by atoms with van der Waals surface area (Å²) in [5.74, 6) is 0.599. The molecule has 0 radical (unpaired) electrons. The SMILES string of the molecule is CCC(C)n1nccc1NC(=O)Cc1csc(-c2ccccc2Cl)n1. The molecule has 25 heavy (non-hydrogen) atoms. The minimum absolute atomic E-state index is 0.110. The lowest BCUT2D eigenvalue weighted by molar-refractivity contribution is -0.115. The third-order valence-corrected chi connectivity index (χ3v) is 5.20. The number of nitrogens with zero attached hydrogens (tertiary/aromatic N) is 3. The first-order chi connectivity index (χ1) is 12.1. The number of carbonyl (C=O) groups excluding carboxylic acids is 1. The number of hydrogen-bond acceptors (Lipinski definition) is 4. The van der Waals surface area contributed by atoms with Gasteiger partial charge in [-0.1, -0.05) is 36.7 Å². The fraction of sp³-hybridized carbons (Fsp3) is 0.278. The largest absolute Gasteiger partial charge is 0.311 e. The quantitative estimate of drug-likeness (QED) is 0.673. The summed E-state index contributed by atoms with van der Waals surface area (Å²) >= 11 is 7.69. The van der Waals surface area contributed by atoms with E-state index < -0.39 is 0 Å². The summed E-state index contributed by atoms with van der Waals surface area (Å²) in [5, 5.41) is 10.6. The van der Waals surface area contributed by atoms with Crippen LogP contribution in [0.4, 0.5) is 5.82 Å². The molecule has 7 heteroatoms. The number of aromatic nitrogens is 3. The number of rotatable bonds is 6. The van der Waals surface area contributed by atoms with Crippen LogP contribution in [-0.2, 0) is 11.2 Å².